The first-order valence-electron chi connectivity index (χ1n) is 9.79. The molecule has 0 amide bonds. The lowest BCUT2D eigenvalue weighted by atomic mass is 9.88. The molecular formula is C23H23N5. The van der Waals surface area contributed by atoms with Gasteiger partial charge in [0, 0.05) is 24.1 Å². The van der Waals surface area contributed by atoms with E-state index in [-0.39, 0.29) is 0 Å². The van der Waals surface area contributed by atoms with Crippen molar-refractivity contribution in [3.63, 3.8) is 0 Å². The summed E-state index contributed by atoms with van der Waals surface area (Å²) in [6, 6.07) is 17.4. The molecule has 0 saturated heterocycles. The molecule has 0 bridgehead atoms. The van der Waals surface area contributed by atoms with Crippen LogP contribution in [0, 0.1) is 6.92 Å². The minimum atomic E-state index is 0.298. The Morgan fingerprint density at radius 2 is 1.96 bits per heavy atom. The van der Waals surface area contributed by atoms with Crippen LogP contribution in [0.5, 0.6) is 0 Å². The maximum atomic E-state index is 4.68. The number of anilines is 1. The molecule has 140 valence electrons. The van der Waals surface area contributed by atoms with E-state index in [9.17, 15) is 0 Å². The molecule has 0 aliphatic heterocycles. The third-order valence-electron chi connectivity index (χ3n) is 5.57. The number of rotatable bonds is 3. The Hall–Kier alpha value is -3.21. The van der Waals surface area contributed by atoms with Crippen molar-refractivity contribution in [1.29, 1.82) is 0 Å². The van der Waals surface area contributed by atoms with E-state index >= 15 is 0 Å². The minimum Gasteiger partial charge on any atom is -0.363 e. The lowest BCUT2D eigenvalue weighted by molar-refractivity contribution is 0.598. The standard InChI is InChI=1S/C23H23N5/c1-15-25-21(17-10-11-18-14-24-28(2)22(18)12-17)13-23(26-15)27-20-9-5-7-16-6-3-4-8-19(16)20/h3-4,6,8,10-14,20H,5,7,9H2,1-2H3,(H,25,26,27). The highest BCUT2D eigenvalue weighted by atomic mass is 15.2. The van der Waals surface area contributed by atoms with Crippen molar-refractivity contribution >= 4 is 16.7 Å². The highest BCUT2D eigenvalue weighted by Gasteiger charge is 2.20. The maximum absolute atomic E-state index is 4.68. The van der Waals surface area contributed by atoms with Gasteiger partial charge in [-0.1, -0.05) is 36.4 Å². The SMILES string of the molecule is Cc1nc(NC2CCCc3ccccc32)cc(-c2ccc3cnn(C)c3c2)n1. The topological polar surface area (TPSA) is 55.6 Å². The van der Waals surface area contributed by atoms with Gasteiger partial charge in [-0.05, 0) is 43.4 Å². The van der Waals surface area contributed by atoms with Gasteiger partial charge in [0.15, 0.2) is 0 Å². The van der Waals surface area contributed by atoms with Crippen LogP contribution in [0.2, 0.25) is 0 Å². The summed E-state index contributed by atoms with van der Waals surface area (Å²) in [4.78, 5) is 9.34. The number of benzene rings is 2. The smallest absolute Gasteiger partial charge is 0.130 e. The normalized spacial score (nSPS) is 16.1. The van der Waals surface area contributed by atoms with Crippen LogP contribution in [0.1, 0.15) is 35.8 Å². The average molecular weight is 369 g/mol. The predicted molar refractivity (Wildman–Crippen MR) is 112 cm³/mol. The molecule has 1 atom stereocenters. The fraction of sp³-hybridized carbons (Fsp3) is 0.261. The zero-order chi connectivity index (χ0) is 19.1. The molecule has 5 heteroatoms. The van der Waals surface area contributed by atoms with Crippen molar-refractivity contribution in [1.82, 2.24) is 19.7 Å². The van der Waals surface area contributed by atoms with Gasteiger partial charge in [0.2, 0.25) is 0 Å². The maximum Gasteiger partial charge on any atom is 0.130 e. The second-order valence-electron chi connectivity index (χ2n) is 7.52. The summed E-state index contributed by atoms with van der Waals surface area (Å²) in [5.41, 5.74) is 5.95. The zero-order valence-corrected chi connectivity index (χ0v) is 16.2. The third kappa shape index (κ3) is 3.03. The number of aromatic nitrogens is 4. The Labute approximate surface area is 164 Å². The zero-order valence-electron chi connectivity index (χ0n) is 16.2. The monoisotopic (exact) mass is 369 g/mol. The summed E-state index contributed by atoms with van der Waals surface area (Å²) < 4.78 is 1.89. The van der Waals surface area contributed by atoms with E-state index in [1.165, 1.54) is 17.5 Å². The molecule has 0 radical (unpaired) electrons. The Morgan fingerprint density at radius 1 is 1.07 bits per heavy atom. The van der Waals surface area contributed by atoms with Crippen molar-refractivity contribution in [3.05, 3.63) is 71.7 Å². The first-order chi connectivity index (χ1) is 13.7. The predicted octanol–water partition coefficient (Wildman–Crippen LogP) is 4.83. The average Bonchev–Trinajstić information content (AvgIpc) is 3.08. The fourth-order valence-corrected chi connectivity index (χ4v) is 4.18. The lowest BCUT2D eigenvalue weighted by Gasteiger charge is -2.27. The Balaban J connectivity index is 1.50. The van der Waals surface area contributed by atoms with Gasteiger partial charge in [0.05, 0.1) is 23.4 Å². The second kappa shape index (κ2) is 6.75. The van der Waals surface area contributed by atoms with Crippen molar-refractivity contribution in [2.24, 2.45) is 7.05 Å². The van der Waals surface area contributed by atoms with Gasteiger partial charge in [-0.25, -0.2) is 9.97 Å². The van der Waals surface area contributed by atoms with Crippen molar-refractivity contribution in [2.45, 2.75) is 32.2 Å². The molecule has 0 spiro atoms. The molecule has 2 heterocycles. The molecule has 28 heavy (non-hydrogen) atoms. The van der Waals surface area contributed by atoms with E-state index in [1.807, 2.05) is 24.9 Å². The van der Waals surface area contributed by atoms with E-state index in [2.05, 4.69) is 68.9 Å². The fourth-order valence-electron chi connectivity index (χ4n) is 4.18. The van der Waals surface area contributed by atoms with Crippen LogP contribution >= 0.6 is 0 Å². The first-order valence-corrected chi connectivity index (χ1v) is 9.79. The van der Waals surface area contributed by atoms with Gasteiger partial charge in [-0.2, -0.15) is 5.10 Å². The van der Waals surface area contributed by atoms with Crippen LogP contribution in [-0.4, -0.2) is 19.7 Å². The molecule has 1 unspecified atom stereocenters. The number of nitrogens with zero attached hydrogens (tertiary/aromatic N) is 4. The molecule has 0 saturated carbocycles. The molecule has 4 aromatic rings. The van der Waals surface area contributed by atoms with Gasteiger partial charge < -0.3 is 5.32 Å². The van der Waals surface area contributed by atoms with Crippen molar-refractivity contribution in [3.8, 4) is 11.3 Å². The van der Waals surface area contributed by atoms with E-state index in [1.54, 1.807) is 0 Å². The van der Waals surface area contributed by atoms with Gasteiger partial charge in [0.25, 0.3) is 0 Å². The molecule has 1 aliphatic carbocycles. The van der Waals surface area contributed by atoms with E-state index in [0.717, 1.165) is 46.6 Å². The highest BCUT2D eigenvalue weighted by molar-refractivity contribution is 5.84. The summed E-state index contributed by atoms with van der Waals surface area (Å²) in [5.74, 6) is 1.66. The molecule has 0 fully saturated rings. The summed E-state index contributed by atoms with van der Waals surface area (Å²) in [6.45, 7) is 1.95. The summed E-state index contributed by atoms with van der Waals surface area (Å²) in [6.07, 6.45) is 5.37. The van der Waals surface area contributed by atoms with E-state index in [0.29, 0.717) is 6.04 Å². The molecule has 5 rings (SSSR count). The van der Waals surface area contributed by atoms with Gasteiger partial charge in [0.1, 0.15) is 11.6 Å². The summed E-state index contributed by atoms with van der Waals surface area (Å²) in [5, 5.41) is 9.13. The first kappa shape index (κ1) is 16.9. The number of aryl methyl sites for hydroxylation is 3. The van der Waals surface area contributed by atoms with Crippen molar-refractivity contribution in [2.75, 3.05) is 5.32 Å². The highest BCUT2D eigenvalue weighted by Crippen LogP contribution is 2.33. The molecule has 2 aromatic carbocycles. The summed E-state index contributed by atoms with van der Waals surface area (Å²) in [7, 11) is 1.96. The van der Waals surface area contributed by atoms with Crippen LogP contribution in [0.15, 0.2) is 54.7 Å². The van der Waals surface area contributed by atoms with E-state index < -0.39 is 0 Å². The van der Waals surface area contributed by atoms with Crippen LogP contribution in [0.4, 0.5) is 5.82 Å². The molecule has 5 nitrogen and oxygen atoms in total. The second-order valence-corrected chi connectivity index (χ2v) is 7.52. The molecular weight excluding hydrogens is 346 g/mol. The Kier molecular flexibility index (Phi) is 4.08. The van der Waals surface area contributed by atoms with Gasteiger partial charge in [-0.15, -0.1) is 0 Å². The largest absolute Gasteiger partial charge is 0.363 e. The minimum absolute atomic E-state index is 0.298. The lowest BCUT2D eigenvalue weighted by Crippen LogP contribution is -2.18. The van der Waals surface area contributed by atoms with Crippen LogP contribution < -0.4 is 5.32 Å². The Bertz CT molecular complexity index is 1160. The van der Waals surface area contributed by atoms with Crippen LogP contribution in [0.3, 0.4) is 0 Å². The van der Waals surface area contributed by atoms with Crippen LogP contribution in [0.25, 0.3) is 22.2 Å². The number of nitrogens with one attached hydrogen (secondary N) is 1. The molecule has 2 aromatic heterocycles. The van der Waals surface area contributed by atoms with Crippen molar-refractivity contribution < 1.29 is 0 Å². The van der Waals surface area contributed by atoms with E-state index in [4.69, 9.17) is 0 Å². The third-order valence-corrected chi connectivity index (χ3v) is 5.57. The van der Waals surface area contributed by atoms with Crippen LogP contribution in [-0.2, 0) is 13.5 Å². The number of hydrogen-bond acceptors (Lipinski definition) is 4. The number of hydrogen-bond donors (Lipinski definition) is 1. The quantitative estimate of drug-likeness (QED) is 0.562. The summed E-state index contributed by atoms with van der Waals surface area (Å²) >= 11 is 0. The Morgan fingerprint density at radius 3 is 2.89 bits per heavy atom. The van der Waals surface area contributed by atoms with Gasteiger partial charge >= 0.3 is 0 Å². The van der Waals surface area contributed by atoms with Gasteiger partial charge in [-0.3, -0.25) is 4.68 Å². The molecule has 1 N–H and O–H groups in total. The molecule has 1 aliphatic rings. The number of fused-ring (bicyclic) bond motifs is 2.